The molecule has 2 N–H and O–H groups in total. The molecule has 0 aliphatic carbocycles. The van der Waals surface area contributed by atoms with Gasteiger partial charge in [0, 0.05) is 17.6 Å². The van der Waals surface area contributed by atoms with E-state index in [1.165, 1.54) is 0 Å². The van der Waals surface area contributed by atoms with Crippen molar-refractivity contribution in [2.45, 2.75) is 39.3 Å². The summed E-state index contributed by atoms with van der Waals surface area (Å²) in [7, 11) is 0. The van der Waals surface area contributed by atoms with E-state index in [0.717, 1.165) is 11.4 Å². The Hall–Kier alpha value is -0.680. The lowest BCUT2D eigenvalue weighted by Crippen LogP contribution is -2.40. The Morgan fingerprint density at radius 3 is 2.73 bits per heavy atom. The van der Waals surface area contributed by atoms with Crippen molar-refractivity contribution in [1.82, 2.24) is 15.6 Å². The zero-order valence-corrected chi connectivity index (χ0v) is 10.9. The average Bonchev–Trinajstić information content (AvgIpc) is 2.65. The molecule has 0 saturated heterocycles. The Balaban J connectivity index is 2.51. The van der Waals surface area contributed by atoms with Crippen LogP contribution in [0, 0.1) is 0 Å². The maximum Gasteiger partial charge on any atom is 0.167 e. The van der Waals surface area contributed by atoms with Gasteiger partial charge in [0.25, 0.3) is 0 Å². The number of hydrogen-bond donors (Lipinski definition) is 2. The molecule has 3 nitrogen and oxygen atoms in total. The lowest BCUT2D eigenvalue weighted by Gasteiger charge is -2.19. The summed E-state index contributed by atoms with van der Waals surface area (Å²) in [6.45, 7) is 6.26. The molecule has 1 rings (SSSR count). The van der Waals surface area contributed by atoms with Crippen molar-refractivity contribution in [3.63, 3.8) is 0 Å². The van der Waals surface area contributed by atoms with Gasteiger partial charge in [-0.25, -0.2) is 4.98 Å². The van der Waals surface area contributed by atoms with E-state index in [2.05, 4.69) is 36.4 Å². The number of aromatic nitrogens is 1. The van der Waals surface area contributed by atoms with E-state index < -0.39 is 0 Å². The van der Waals surface area contributed by atoms with Crippen LogP contribution in [-0.2, 0) is 0 Å². The molecule has 0 aliphatic heterocycles. The molecule has 0 aliphatic rings. The second-order valence-corrected chi connectivity index (χ2v) is 4.94. The normalized spacial score (nSPS) is 12.5. The van der Waals surface area contributed by atoms with Gasteiger partial charge in [-0.05, 0) is 32.5 Å². The first-order valence-corrected chi connectivity index (χ1v) is 6.38. The monoisotopic (exact) mass is 243 g/mol. The van der Waals surface area contributed by atoms with Crippen LogP contribution in [0.25, 0.3) is 0 Å². The number of rotatable bonds is 4. The highest BCUT2D eigenvalue weighted by Gasteiger charge is 2.12. The summed E-state index contributed by atoms with van der Waals surface area (Å²) in [6, 6.07) is 0.586. The topological polar surface area (TPSA) is 37.0 Å². The predicted octanol–water partition coefficient (Wildman–Crippen LogP) is 2.47. The Labute approximate surface area is 100 Å². The zero-order chi connectivity index (χ0) is 11.3. The summed E-state index contributed by atoms with van der Waals surface area (Å²) in [5, 5.41) is 10.2. The second kappa shape index (κ2) is 6.02. The van der Waals surface area contributed by atoms with Gasteiger partial charge in [0.2, 0.25) is 0 Å². The van der Waals surface area contributed by atoms with Gasteiger partial charge in [-0.15, -0.1) is 11.3 Å². The standard InChI is InChI=1S/C10H17N3S2/c1-4-8(9-11-5-6-15-9)13-10(14)12-7(2)3/h5-8H,4H2,1-3H3,(H2,12,13,14). The van der Waals surface area contributed by atoms with E-state index >= 15 is 0 Å². The van der Waals surface area contributed by atoms with Crippen molar-refractivity contribution >= 4 is 28.7 Å². The zero-order valence-electron chi connectivity index (χ0n) is 9.28. The van der Waals surface area contributed by atoms with Crippen LogP contribution in [0.2, 0.25) is 0 Å². The van der Waals surface area contributed by atoms with Gasteiger partial charge >= 0.3 is 0 Å². The first kappa shape index (κ1) is 12.4. The molecular formula is C10H17N3S2. The van der Waals surface area contributed by atoms with Crippen LogP contribution in [-0.4, -0.2) is 16.1 Å². The number of nitrogens with one attached hydrogen (secondary N) is 2. The van der Waals surface area contributed by atoms with Crippen molar-refractivity contribution in [2.24, 2.45) is 0 Å². The van der Waals surface area contributed by atoms with Crippen molar-refractivity contribution in [3.05, 3.63) is 16.6 Å². The van der Waals surface area contributed by atoms with E-state index in [9.17, 15) is 0 Å². The molecule has 0 amide bonds. The van der Waals surface area contributed by atoms with E-state index in [1.54, 1.807) is 11.3 Å². The highest BCUT2D eigenvalue weighted by molar-refractivity contribution is 7.80. The van der Waals surface area contributed by atoms with Crippen LogP contribution in [0.4, 0.5) is 0 Å². The van der Waals surface area contributed by atoms with Gasteiger partial charge < -0.3 is 10.6 Å². The molecule has 84 valence electrons. The first-order valence-electron chi connectivity index (χ1n) is 5.10. The fourth-order valence-corrected chi connectivity index (χ4v) is 2.36. The molecule has 0 spiro atoms. The SMILES string of the molecule is CCC(NC(=S)NC(C)C)c1nccs1. The quantitative estimate of drug-likeness (QED) is 0.797. The predicted molar refractivity (Wildman–Crippen MR) is 69.2 cm³/mol. The third-order valence-electron chi connectivity index (χ3n) is 1.88. The lowest BCUT2D eigenvalue weighted by atomic mass is 10.2. The third kappa shape index (κ3) is 4.13. The van der Waals surface area contributed by atoms with Crippen molar-refractivity contribution < 1.29 is 0 Å². The Morgan fingerprint density at radius 1 is 1.53 bits per heavy atom. The van der Waals surface area contributed by atoms with E-state index in [-0.39, 0.29) is 6.04 Å². The largest absolute Gasteiger partial charge is 0.361 e. The summed E-state index contributed by atoms with van der Waals surface area (Å²) < 4.78 is 0. The molecule has 5 heteroatoms. The Bertz CT molecular complexity index is 296. The van der Waals surface area contributed by atoms with Crippen LogP contribution in [0.5, 0.6) is 0 Å². The number of thiocarbonyl (C=S) groups is 1. The molecule has 1 aromatic heterocycles. The lowest BCUT2D eigenvalue weighted by molar-refractivity contribution is 0.601. The molecular weight excluding hydrogens is 226 g/mol. The summed E-state index contributed by atoms with van der Waals surface area (Å²) in [5.74, 6) is 0. The fourth-order valence-electron chi connectivity index (χ4n) is 1.21. The van der Waals surface area contributed by atoms with Crippen LogP contribution < -0.4 is 10.6 Å². The van der Waals surface area contributed by atoms with Gasteiger partial charge in [-0.3, -0.25) is 0 Å². The summed E-state index contributed by atoms with van der Waals surface area (Å²) in [5.41, 5.74) is 0. The van der Waals surface area contributed by atoms with Gasteiger partial charge in [-0.2, -0.15) is 0 Å². The maximum absolute atomic E-state index is 5.20. The van der Waals surface area contributed by atoms with E-state index in [1.807, 2.05) is 11.6 Å². The Kier molecular flexibility index (Phi) is 4.98. The van der Waals surface area contributed by atoms with Crippen molar-refractivity contribution in [1.29, 1.82) is 0 Å². The van der Waals surface area contributed by atoms with E-state index in [0.29, 0.717) is 11.2 Å². The molecule has 0 fully saturated rings. The van der Waals surface area contributed by atoms with Crippen molar-refractivity contribution in [2.75, 3.05) is 0 Å². The number of nitrogens with zero attached hydrogens (tertiary/aromatic N) is 1. The molecule has 1 heterocycles. The molecule has 0 radical (unpaired) electrons. The molecule has 1 unspecified atom stereocenters. The minimum absolute atomic E-state index is 0.226. The van der Waals surface area contributed by atoms with Gasteiger partial charge in [0.15, 0.2) is 5.11 Å². The second-order valence-electron chi connectivity index (χ2n) is 3.60. The molecule has 0 saturated carbocycles. The molecule has 1 aromatic rings. The van der Waals surface area contributed by atoms with Crippen LogP contribution >= 0.6 is 23.6 Å². The average molecular weight is 243 g/mol. The molecule has 15 heavy (non-hydrogen) atoms. The smallest absolute Gasteiger partial charge is 0.167 e. The highest BCUT2D eigenvalue weighted by atomic mass is 32.1. The van der Waals surface area contributed by atoms with E-state index in [4.69, 9.17) is 12.2 Å². The fraction of sp³-hybridized carbons (Fsp3) is 0.600. The van der Waals surface area contributed by atoms with Gasteiger partial charge in [0.1, 0.15) is 5.01 Å². The van der Waals surface area contributed by atoms with Crippen LogP contribution in [0.15, 0.2) is 11.6 Å². The number of thiazole rings is 1. The summed E-state index contributed by atoms with van der Waals surface area (Å²) in [4.78, 5) is 4.29. The number of hydrogen-bond acceptors (Lipinski definition) is 3. The Morgan fingerprint density at radius 2 is 2.27 bits per heavy atom. The molecule has 0 aromatic carbocycles. The summed E-state index contributed by atoms with van der Waals surface area (Å²) in [6.07, 6.45) is 2.80. The van der Waals surface area contributed by atoms with Gasteiger partial charge in [-0.1, -0.05) is 6.92 Å². The highest BCUT2D eigenvalue weighted by Crippen LogP contribution is 2.18. The molecule has 1 atom stereocenters. The summed E-state index contributed by atoms with van der Waals surface area (Å²) >= 11 is 6.86. The van der Waals surface area contributed by atoms with Crippen LogP contribution in [0.1, 0.15) is 38.2 Å². The minimum Gasteiger partial charge on any atom is -0.361 e. The molecule has 0 bridgehead atoms. The van der Waals surface area contributed by atoms with Crippen molar-refractivity contribution in [3.8, 4) is 0 Å². The van der Waals surface area contributed by atoms with Crippen LogP contribution in [0.3, 0.4) is 0 Å². The third-order valence-corrected chi connectivity index (χ3v) is 3.01. The maximum atomic E-state index is 5.20. The minimum atomic E-state index is 0.226. The van der Waals surface area contributed by atoms with Gasteiger partial charge in [0.05, 0.1) is 6.04 Å². The first-order chi connectivity index (χ1) is 7.13.